The number of thiophene rings is 1. The maximum atomic E-state index is 10.7. The number of carboxylic acid groups (broad SMARTS) is 1. The molecule has 6 heteroatoms. The summed E-state index contributed by atoms with van der Waals surface area (Å²) in [6.07, 6.45) is 1.36. The molecule has 0 unspecified atom stereocenters. The second-order valence-corrected chi connectivity index (χ2v) is 7.11. The minimum Gasteiger partial charge on any atom is -0.506 e. The van der Waals surface area contributed by atoms with Gasteiger partial charge in [-0.1, -0.05) is 30.3 Å². The Morgan fingerprint density at radius 2 is 1.96 bits per heavy atom. The highest BCUT2D eigenvalue weighted by molar-refractivity contribution is 7.12. The fourth-order valence-electron chi connectivity index (χ4n) is 2.67. The van der Waals surface area contributed by atoms with Gasteiger partial charge < -0.3 is 10.2 Å². The molecule has 128 valence electrons. The molecule has 2 aromatic carbocycles. The van der Waals surface area contributed by atoms with Crippen LogP contribution in [0.5, 0.6) is 5.75 Å². The Bertz CT molecular complexity index is 947. The van der Waals surface area contributed by atoms with Crippen LogP contribution in [0.4, 0.5) is 11.4 Å². The molecule has 0 spiro atoms. The van der Waals surface area contributed by atoms with Crippen molar-refractivity contribution in [2.75, 3.05) is 0 Å². The van der Waals surface area contributed by atoms with Crippen molar-refractivity contribution in [3.63, 3.8) is 0 Å². The van der Waals surface area contributed by atoms with Crippen LogP contribution < -0.4 is 0 Å². The molecule has 0 radical (unpaired) electrons. The first kappa shape index (κ1) is 17.1. The highest BCUT2D eigenvalue weighted by atomic mass is 32.1. The summed E-state index contributed by atoms with van der Waals surface area (Å²) in [6, 6.07) is 13.1. The number of rotatable bonds is 6. The van der Waals surface area contributed by atoms with E-state index >= 15 is 0 Å². The monoisotopic (exact) mass is 354 g/mol. The van der Waals surface area contributed by atoms with Gasteiger partial charge >= 0.3 is 5.97 Å². The van der Waals surface area contributed by atoms with E-state index in [2.05, 4.69) is 10.2 Å². The highest BCUT2D eigenvalue weighted by Gasteiger charge is 2.10. The van der Waals surface area contributed by atoms with Gasteiger partial charge in [0.15, 0.2) is 0 Å². The summed E-state index contributed by atoms with van der Waals surface area (Å²) in [5.41, 5.74) is 1.18. The quantitative estimate of drug-likeness (QED) is 0.554. The number of hydrogen-bond donors (Lipinski definition) is 2. The smallest absolute Gasteiger partial charge is 0.303 e. The Labute approximate surface area is 149 Å². The number of hydrogen-bond acceptors (Lipinski definition) is 5. The number of phenolic OH excluding ortho intramolecular Hbond substituents is 1. The van der Waals surface area contributed by atoms with Crippen molar-refractivity contribution >= 4 is 39.5 Å². The van der Waals surface area contributed by atoms with Gasteiger partial charge in [0, 0.05) is 21.6 Å². The molecule has 3 rings (SSSR count). The van der Waals surface area contributed by atoms with E-state index in [4.69, 9.17) is 5.11 Å². The molecule has 25 heavy (non-hydrogen) atoms. The lowest BCUT2D eigenvalue weighted by atomic mass is 10.1. The predicted molar refractivity (Wildman–Crippen MR) is 99.4 cm³/mol. The van der Waals surface area contributed by atoms with Gasteiger partial charge in [0.1, 0.15) is 11.4 Å². The molecule has 0 atom stereocenters. The summed E-state index contributed by atoms with van der Waals surface area (Å²) >= 11 is 1.60. The van der Waals surface area contributed by atoms with E-state index in [0.29, 0.717) is 18.5 Å². The summed E-state index contributed by atoms with van der Waals surface area (Å²) in [5.74, 6) is -0.709. The largest absolute Gasteiger partial charge is 0.506 e. The molecule has 0 bridgehead atoms. The second-order valence-electron chi connectivity index (χ2n) is 5.77. The Morgan fingerprint density at radius 3 is 2.76 bits per heavy atom. The topological polar surface area (TPSA) is 82.2 Å². The lowest BCUT2D eigenvalue weighted by Gasteiger charge is -2.03. The van der Waals surface area contributed by atoms with E-state index < -0.39 is 5.97 Å². The molecule has 0 aliphatic rings. The van der Waals surface area contributed by atoms with Gasteiger partial charge in [-0.05, 0) is 37.3 Å². The van der Waals surface area contributed by atoms with E-state index in [1.54, 1.807) is 17.4 Å². The lowest BCUT2D eigenvalue weighted by Crippen LogP contribution is -1.94. The third-order valence-corrected chi connectivity index (χ3v) is 4.94. The number of nitrogens with zero attached hydrogens (tertiary/aromatic N) is 2. The Hall–Kier alpha value is -2.73. The zero-order chi connectivity index (χ0) is 17.8. The average Bonchev–Trinajstić information content (AvgIpc) is 2.93. The van der Waals surface area contributed by atoms with Crippen molar-refractivity contribution in [1.29, 1.82) is 0 Å². The Morgan fingerprint density at radius 1 is 1.16 bits per heavy atom. The Kier molecular flexibility index (Phi) is 5.09. The fourth-order valence-corrected chi connectivity index (χ4v) is 3.68. The number of aromatic hydroxyl groups is 1. The molecule has 0 saturated heterocycles. The van der Waals surface area contributed by atoms with Crippen LogP contribution in [0.2, 0.25) is 0 Å². The molecule has 1 aromatic heterocycles. The molecule has 5 nitrogen and oxygen atoms in total. The van der Waals surface area contributed by atoms with Crippen LogP contribution in [0.15, 0.2) is 52.7 Å². The van der Waals surface area contributed by atoms with Crippen LogP contribution >= 0.6 is 11.3 Å². The molecular weight excluding hydrogens is 336 g/mol. The average molecular weight is 354 g/mol. The number of carbonyl (C=O) groups is 1. The number of aliphatic carboxylic acids is 1. The Balaban J connectivity index is 1.90. The van der Waals surface area contributed by atoms with E-state index in [-0.39, 0.29) is 12.2 Å². The van der Waals surface area contributed by atoms with E-state index in [9.17, 15) is 9.90 Å². The first-order chi connectivity index (χ1) is 12.0. The van der Waals surface area contributed by atoms with Gasteiger partial charge in [0.2, 0.25) is 0 Å². The van der Waals surface area contributed by atoms with Crippen LogP contribution in [0, 0.1) is 6.92 Å². The number of aryl methyl sites for hydroxylation is 2. The summed E-state index contributed by atoms with van der Waals surface area (Å²) in [7, 11) is 0. The normalized spacial score (nSPS) is 11.4. The maximum Gasteiger partial charge on any atom is 0.303 e. The van der Waals surface area contributed by atoms with Crippen molar-refractivity contribution in [2.24, 2.45) is 10.2 Å². The van der Waals surface area contributed by atoms with Crippen LogP contribution in [-0.2, 0) is 11.2 Å². The zero-order valence-corrected chi connectivity index (χ0v) is 14.6. The van der Waals surface area contributed by atoms with Gasteiger partial charge in [-0.25, -0.2) is 0 Å². The van der Waals surface area contributed by atoms with Crippen molar-refractivity contribution in [2.45, 2.75) is 26.2 Å². The van der Waals surface area contributed by atoms with Crippen LogP contribution in [0.25, 0.3) is 10.8 Å². The SMILES string of the molecule is Cc1cc(/N=N/c2c(O)ccc3ccccc23)c(CCCC(=O)O)s1. The van der Waals surface area contributed by atoms with Crippen molar-refractivity contribution in [1.82, 2.24) is 0 Å². The third kappa shape index (κ3) is 4.03. The van der Waals surface area contributed by atoms with Crippen molar-refractivity contribution in [3.8, 4) is 5.75 Å². The third-order valence-electron chi connectivity index (χ3n) is 3.84. The molecule has 0 amide bonds. The van der Waals surface area contributed by atoms with Crippen LogP contribution in [-0.4, -0.2) is 16.2 Å². The molecule has 0 aliphatic heterocycles. The minimum atomic E-state index is -0.794. The summed E-state index contributed by atoms with van der Waals surface area (Å²) in [6.45, 7) is 1.99. The number of azo groups is 1. The fraction of sp³-hybridized carbons (Fsp3) is 0.211. The molecule has 3 aromatic rings. The first-order valence-electron chi connectivity index (χ1n) is 7.98. The van der Waals surface area contributed by atoms with Crippen LogP contribution in [0.3, 0.4) is 0 Å². The van der Waals surface area contributed by atoms with Gasteiger partial charge in [0.25, 0.3) is 0 Å². The van der Waals surface area contributed by atoms with E-state index in [1.165, 1.54) is 0 Å². The predicted octanol–water partition coefficient (Wildman–Crippen LogP) is 5.74. The lowest BCUT2D eigenvalue weighted by molar-refractivity contribution is -0.137. The number of benzene rings is 2. The number of phenols is 1. The van der Waals surface area contributed by atoms with Crippen LogP contribution in [0.1, 0.15) is 22.6 Å². The summed E-state index contributed by atoms with van der Waals surface area (Å²) in [5, 5.41) is 29.4. The van der Waals surface area contributed by atoms with Gasteiger partial charge in [-0.15, -0.1) is 21.6 Å². The van der Waals surface area contributed by atoms with E-state index in [1.807, 2.05) is 43.3 Å². The molecule has 0 aliphatic carbocycles. The molecule has 0 fully saturated rings. The van der Waals surface area contributed by atoms with Gasteiger partial charge in [-0.3, -0.25) is 4.79 Å². The van der Waals surface area contributed by atoms with Crippen molar-refractivity contribution < 1.29 is 15.0 Å². The first-order valence-corrected chi connectivity index (χ1v) is 8.80. The number of carboxylic acids is 1. The molecule has 0 saturated carbocycles. The van der Waals surface area contributed by atoms with E-state index in [0.717, 1.165) is 26.2 Å². The zero-order valence-electron chi connectivity index (χ0n) is 13.8. The summed E-state index contributed by atoms with van der Waals surface area (Å²) in [4.78, 5) is 12.8. The molecule has 1 heterocycles. The van der Waals surface area contributed by atoms with Crippen molar-refractivity contribution in [3.05, 3.63) is 52.2 Å². The standard InChI is InChI=1S/C19H18N2O3S/c1-12-11-15(17(25-12)7-4-8-18(23)24)20-21-19-14-6-3-2-5-13(14)9-10-16(19)22/h2-3,5-6,9-11,22H,4,7-8H2,1H3,(H,23,24)/b21-20+. The number of fused-ring (bicyclic) bond motifs is 1. The molecular formula is C19H18N2O3S. The van der Waals surface area contributed by atoms with Gasteiger partial charge in [-0.2, -0.15) is 0 Å². The second kappa shape index (κ2) is 7.44. The highest BCUT2D eigenvalue weighted by Crippen LogP contribution is 2.37. The molecule has 2 N–H and O–H groups in total. The minimum absolute atomic E-state index is 0.0850. The maximum absolute atomic E-state index is 10.7. The summed E-state index contributed by atoms with van der Waals surface area (Å²) < 4.78 is 0. The van der Waals surface area contributed by atoms with Gasteiger partial charge in [0.05, 0.1) is 5.69 Å².